The Morgan fingerprint density at radius 2 is 2.32 bits per heavy atom. The van der Waals surface area contributed by atoms with E-state index in [1.165, 1.54) is 5.56 Å². The van der Waals surface area contributed by atoms with Gasteiger partial charge in [-0.3, -0.25) is 0 Å². The number of benzene rings is 1. The topological polar surface area (TPSA) is 70.6 Å². The van der Waals surface area contributed by atoms with Crippen LogP contribution in [0.4, 0.5) is 0 Å². The first-order chi connectivity index (χ1) is 9.04. The minimum atomic E-state index is 0.191. The Morgan fingerprint density at radius 3 is 2.89 bits per heavy atom. The van der Waals surface area contributed by atoms with Crippen molar-refractivity contribution in [3.05, 3.63) is 34.3 Å². The molecule has 1 saturated carbocycles. The van der Waals surface area contributed by atoms with Crippen LogP contribution in [-0.4, -0.2) is 17.6 Å². The molecule has 1 aliphatic carbocycles. The average molecular weight is 326 g/mol. The molecule has 0 amide bonds. The highest BCUT2D eigenvalue weighted by molar-refractivity contribution is 9.10. The van der Waals surface area contributed by atoms with E-state index in [2.05, 4.69) is 45.5 Å². The van der Waals surface area contributed by atoms with Crippen molar-refractivity contribution in [2.75, 3.05) is 6.54 Å². The molecule has 1 atom stereocenters. The van der Waals surface area contributed by atoms with Gasteiger partial charge in [-0.05, 0) is 42.9 Å². The number of halogens is 1. The maximum atomic E-state index is 8.65. The number of nitrogens with two attached hydrogens (primary N) is 1. The van der Waals surface area contributed by atoms with Gasteiger partial charge < -0.3 is 16.3 Å². The third-order valence-corrected chi connectivity index (χ3v) is 4.27. The van der Waals surface area contributed by atoms with Gasteiger partial charge in [-0.25, -0.2) is 0 Å². The molecule has 0 heterocycles. The van der Waals surface area contributed by atoms with Gasteiger partial charge in [-0.15, -0.1) is 0 Å². The third-order valence-electron chi connectivity index (χ3n) is 3.77. The Bertz CT molecular complexity index is 472. The van der Waals surface area contributed by atoms with Gasteiger partial charge in [0.1, 0.15) is 5.84 Å². The molecule has 1 aliphatic rings. The second-order valence-electron chi connectivity index (χ2n) is 5.43. The van der Waals surface area contributed by atoms with Gasteiger partial charge in [0.15, 0.2) is 0 Å². The van der Waals surface area contributed by atoms with Gasteiger partial charge in [0.2, 0.25) is 0 Å². The zero-order valence-corrected chi connectivity index (χ0v) is 12.7. The highest BCUT2D eigenvalue weighted by atomic mass is 79.9. The van der Waals surface area contributed by atoms with Crippen LogP contribution in [0.25, 0.3) is 0 Å². The predicted octanol–water partition coefficient (Wildman–Crippen LogP) is 3.02. The largest absolute Gasteiger partial charge is 0.409 e. The normalized spacial score (nSPS) is 19.2. The van der Waals surface area contributed by atoms with Crippen LogP contribution < -0.4 is 11.1 Å². The van der Waals surface area contributed by atoms with Crippen molar-refractivity contribution in [1.29, 1.82) is 0 Å². The summed E-state index contributed by atoms with van der Waals surface area (Å²) in [4.78, 5) is 0. The summed E-state index contributed by atoms with van der Waals surface area (Å²) in [5, 5.41) is 15.3. The number of amidine groups is 1. The molecule has 19 heavy (non-hydrogen) atoms. The molecule has 0 radical (unpaired) electrons. The fraction of sp³-hybridized carbons (Fsp3) is 0.500. The standard InChI is InChI=1S/C14H20BrN3O/c1-10(11-3-2-4-12(15)7-11)17-9-14(5-6-14)8-13(16)18-19/h2-4,7,10,17,19H,5-6,8-9H2,1H3,(H2,16,18). The molecule has 1 aromatic carbocycles. The van der Waals surface area contributed by atoms with Crippen molar-refractivity contribution in [2.45, 2.75) is 32.2 Å². The Balaban J connectivity index is 1.89. The molecule has 1 aromatic rings. The third kappa shape index (κ3) is 3.94. The number of hydrogen-bond donors (Lipinski definition) is 3. The van der Waals surface area contributed by atoms with Crippen molar-refractivity contribution in [3.63, 3.8) is 0 Å². The molecule has 0 spiro atoms. The van der Waals surface area contributed by atoms with Gasteiger partial charge in [0.05, 0.1) is 0 Å². The molecular weight excluding hydrogens is 306 g/mol. The molecule has 104 valence electrons. The summed E-state index contributed by atoms with van der Waals surface area (Å²) < 4.78 is 1.09. The van der Waals surface area contributed by atoms with E-state index in [0.717, 1.165) is 23.9 Å². The molecule has 0 saturated heterocycles. The Labute approximate surface area is 122 Å². The van der Waals surface area contributed by atoms with Crippen LogP contribution in [0.2, 0.25) is 0 Å². The Hall–Kier alpha value is -1.07. The highest BCUT2D eigenvalue weighted by Crippen LogP contribution is 2.48. The first kappa shape index (κ1) is 14.3. The second-order valence-corrected chi connectivity index (χ2v) is 6.34. The minimum Gasteiger partial charge on any atom is -0.409 e. The number of nitrogens with zero attached hydrogens (tertiary/aromatic N) is 1. The van der Waals surface area contributed by atoms with E-state index in [9.17, 15) is 0 Å². The summed E-state index contributed by atoms with van der Waals surface area (Å²) in [7, 11) is 0. The zero-order chi connectivity index (χ0) is 13.9. The first-order valence-electron chi connectivity index (χ1n) is 6.50. The summed E-state index contributed by atoms with van der Waals surface area (Å²) in [5.74, 6) is 0.328. The summed E-state index contributed by atoms with van der Waals surface area (Å²) in [6, 6.07) is 8.60. The Morgan fingerprint density at radius 1 is 1.58 bits per heavy atom. The quantitative estimate of drug-likeness (QED) is 0.326. The molecule has 5 heteroatoms. The van der Waals surface area contributed by atoms with Crippen LogP contribution in [0.5, 0.6) is 0 Å². The predicted molar refractivity (Wildman–Crippen MR) is 80.3 cm³/mol. The van der Waals surface area contributed by atoms with E-state index in [-0.39, 0.29) is 5.41 Å². The number of nitrogens with one attached hydrogen (secondary N) is 1. The zero-order valence-electron chi connectivity index (χ0n) is 11.1. The van der Waals surface area contributed by atoms with Crippen LogP contribution in [0.15, 0.2) is 33.9 Å². The van der Waals surface area contributed by atoms with Gasteiger partial charge in [-0.1, -0.05) is 33.2 Å². The maximum Gasteiger partial charge on any atom is 0.139 e. The summed E-state index contributed by atoms with van der Waals surface area (Å²) in [5.41, 5.74) is 7.05. The molecular formula is C14H20BrN3O. The van der Waals surface area contributed by atoms with Crippen LogP contribution in [0, 0.1) is 5.41 Å². The Kier molecular flexibility index (Phi) is 4.47. The SMILES string of the molecule is CC(NCC1(CC(N)=NO)CC1)c1cccc(Br)c1. The lowest BCUT2D eigenvalue weighted by molar-refractivity contribution is 0.313. The fourth-order valence-electron chi connectivity index (χ4n) is 2.28. The highest BCUT2D eigenvalue weighted by Gasteiger charge is 2.43. The first-order valence-corrected chi connectivity index (χ1v) is 7.29. The molecule has 4 N–H and O–H groups in total. The molecule has 0 bridgehead atoms. The lowest BCUT2D eigenvalue weighted by atomic mass is 10.0. The van der Waals surface area contributed by atoms with Gasteiger partial charge >= 0.3 is 0 Å². The minimum absolute atomic E-state index is 0.191. The van der Waals surface area contributed by atoms with Crippen molar-refractivity contribution in [3.8, 4) is 0 Å². The molecule has 4 nitrogen and oxygen atoms in total. The van der Waals surface area contributed by atoms with Crippen LogP contribution in [0.3, 0.4) is 0 Å². The number of rotatable bonds is 6. The molecule has 0 aromatic heterocycles. The van der Waals surface area contributed by atoms with Crippen LogP contribution >= 0.6 is 15.9 Å². The molecule has 1 fully saturated rings. The lowest BCUT2D eigenvalue weighted by Gasteiger charge is -2.20. The lowest BCUT2D eigenvalue weighted by Crippen LogP contribution is -2.30. The van der Waals surface area contributed by atoms with Gasteiger partial charge in [-0.2, -0.15) is 0 Å². The summed E-state index contributed by atoms with van der Waals surface area (Å²) >= 11 is 3.49. The monoisotopic (exact) mass is 325 g/mol. The van der Waals surface area contributed by atoms with Gasteiger partial charge in [0.25, 0.3) is 0 Å². The van der Waals surface area contributed by atoms with E-state index in [0.29, 0.717) is 18.3 Å². The van der Waals surface area contributed by atoms with Crippen LogP contribution in [0.1, 0.15) is 37.8 Å². The van der Waals surface area contributed by atoms with E-state index in [1.807, 2.05) is 12.1 Å². The van der Waals surface area contributed by atoms with Crippen molar-refractivity contribution >= 4 is 21.8 Å². The summed E-state index contributed by atoms with van der Waals surface area (Å²) in [6.45, 7) is 3.05. The van der Waals surface area contributed by atoms with E-state index in [1.54, 1.807) is 0 Å². The average Bonchev–Trinajstić information content (AvgIpc) is 3.16. The van der Waals surface area contributed by atoms with Crippen molar-refractivity contribution in [1.82, 2.24) is 5.32 Å². The van der Waals surface area contributed by atoms with E-state index < -0.39 is 0 Å². The smallest absolute Gasteiger partial charge is 0.139 e. The van der Waals surface area contributed by atoms with E-state index in [4.69, 9.17) is 10.9 Å². The van der Waals surface area contributed by atoms with E-state index >= 15 is 0 Å². The van der Waals surface area contributed by atoms with Crippen LogP contribution in [-0.2, 0) is 0 Å². The fourth-order valence-corrected chi connectivity index (χ4v) is 2.69. The number of oxime groups is 1. The van der Waals surface area contributed by atoms with Crippen molar-refractivity contribution < 1.29 is 5.21 Å². The second kappa shape index (κ2) is 5.92. The number of hydrogen-bond acceptors (Lipinski definition) is 3. The van der Waals surface area contributed by atoms with Gasteiger partial charge in [0, 0.05) is 23.5 Å². The molecule has 0 aliphatic heterocycles. The molecule has 1 unspecified atom stereocenters. The molecule has 2 rings (SSSR count). The van der Waals surface area contributed by atoms with Crippen molar-refractivity contribution in [2.24, 2.45) is 16.3 Å². The maximum absolute atomic E-state index is 8.65. The summed E-state index contributed by atoms with van der Waals surface area (Å²) in [6.07, 6.45) is 2.95.